The van der Waals surface area contributed by atoms with E-state index in [1.54, 1.807) is 0 Å². The fourth-order valence-electron chi connectivity index (χ4n) is 1.78. The lowest BCUT2D eigenvalue weighted by Gasteiger charge is -2.01. The van der Waals surface area contributed by atoms with Crippen molar-refractivity contribution in [2.45, 2.75) is 19.8 Å². The number of aryl methyl sites for hydroxylation is 2. The summed E-state index contributed by atoms with van der Waals surface area (Å²) in [6, 6.07) is 11.5. The van der Waals surface area contributed by atoms with E-state index in [4.69, 9.17) is 0 Å². The lowest BCUT2D eigenvalue weighted by Crippen LogP contribution is -1.94. The maximum atomic E-state index is 3.10. The van der Waals surface area contributed by atoms with Crippen molar-refractivity contribution in [1.82, 2.24) is 4.57 Å². The maximum absolute atomic E-state index is 3.10. The fourth-order valence-corrected chi connectivity index (χ4v) is 1.78. The van der Waals surface area contributed by atoms with Crippen LogP contribution in [0.1, 0.15) is 19.0 Å². The normalized spacial score (nSPS) is 10.9. The van der Waals surface area contributed by atoms with Crippen molar-refractivity contribution < 1.29 is 0 Å². The molecule has 1 aromatic carbocycles. The van der Waals surface area contributed by atoms with E-state index in [1.165, 1.54) is 23.0 Å². The van der Waals surface area contributed by atoms with Gasteiger partial charge in [-0.1, -0.05) is 19.4 Å². The average molecular weight is 172 g/mol. The molecule has 0 amide bonds. The Morgan fingerprint density at radius 1 is 1.46 bits per heavy atom. The Morgan fingerprint density at radius 2 is 2.31 bits per heavy atom. The Labute approximate surface area is 79.0 Å². The summed E-state index contributed by atoms with van der Waals surface area (Å²) in [7, 11) is 2.13. The molecular formula is C12H14N. The number of rotatable bonds is 2. The minimum atomic E-state index is 1.16. The van der Waals surface area contributed by atoms with Gasteiger partial charge in [-0.3, -0.25) is 0 Å². The third kappa shape index (κ3) is 1.35. The van der Waals surface area contributed by atoms with Crippen molar-refractivity contribution in [3.05, 3.63) is 36.0 Å². The molecule has 0 fully saturated rings. The zero-order valence-corrected chi connectivity index (χ0v) is 8.17. The minimum Gasteiger partial charge on any atom is -0.348 e. The van der Waals surface area contributed by atoms with E-state index in [9.17, 15) is 0 Å². The van der Waals surface area contributed by atoms with Crippen LogP contribution < -0.4 is 0 Å². The van der Waals surface area contributed by atoms with Crippen molar-refractivity contribution in [2.75, 3.05) is 0 Å². The molecule has 1 radical (unpaired) electrons. The van der Waals surface area contributed by atoms with E-state index in [1.807, 2.05) is 6.07 Å². The van der Waals surface area contributed by atoms with Gasteiger partial charge >= 0.3 is 0 Å². The van der Waals surface area contributed by atoms with Crippen molar-refractivity contribution >= 4 is 10.9 Å². The second-order valence-corrected chi connectivity index (χ2v) is 3.43. The van der Waals surface area contributed by atoms with Gasteiger partial charge in [-0.05, 0) is 30.7 Å². The summed E-state index contributed by atoms with van der Waals surface area (Å²) in [5.74, 6) is 0. The van der Waals surface area contributed by atoms with Crippen LogP contribution in [-0.2, 0) is 13.5 Å². The van der Waals surface area contributed by atoms with Gasteiger partial charge in [0.1, 0.15) is 0 Å². The molecule has 0 saturated carbocycles. The zero-order valence-electron chi connectivity index (χ0n) is 8.17. The molecule has 1 nitrogen and oxygen atoms in total. The molecule has 0 aliphatic carbocycles. The predicted octanol–water partition coefficient (Wildman–Crippen LogP) is 2.93. The monoisotopic (exact) mass is 172 g/mol. The highest BCUT2D eigenvalue weighted by Gasteiger charge is 2.02. The first-order chi connectivity index (χ1) is 6.33. The second kappa shape index (κ2) is 3.25. The molecule has 0 atom stereocenters. The van der Waals surface area contributed by atoms with Gasteiger partial charge in [-0.15, -0.1) is 0 Å². The highest BCUT2D eigenvalue weighted by atomic mass is 14.9. The molecule has 0 N–H and O–H groups in total. The average Bonchev–Trinajstić information content (AvgIpc) is 2.46. The Kier molecular flexibility index (Phi) is 2.09. The van der Waals surface area contributed by atoms with Crippen molar-refractivity contribution in [1.29, 1.82) is 0 Å². The Balaban J connectivity index is 2.60. The molecule has 67 valence electrons. The van der Waals surface area contributed by atoms with Gasteiger partial charge in [0, 0.05) is 23.6 Å². The first-order valence-corrected chi connectivity index (χ1v) is 4.77. The highest BCUT2D eigenvalue weighted by molar-refractivity contribution is 5.80. The van der Waals surface area contributed by atoms with Crippen LogP contribution in [0.15, 0.2) is 24.3 Å². The van der Waals surface area contributed by atoms with Crippen molar-refractivity contribution in [3.63, 3.8) is 0 Å². The summed E-state index contributed by atoms with van der Waals surface area (Å²) < 4.78 is 2.27. The molecule has 0 spiro atoms. The largest absolute Gasteiger partial charge is 0.348 e. The summed E-state index contributed by atoms with van der Waals surface area (Å²) in [5, 5.41) is 1.30. The van der Waals surface area contributed by atoms with Crippen molar-refractivity contribution in [3.8, 4) is 0 Å². The summed E-state index contributed by atoms with van der Waals surface area (Å²) in [6.45, 7) is 2.21. The highest BCUT2D eigenvalue weighted by Crippen LogP contribution is 2.18. The van der Waals surface area contributed by atoms with Crippen LogP contribution in [0.2, 0.25) is 0 Å². The van der Waals surface area contributed by atoms with Crippen LogP contribution in [-0.4, -0.2) is 4.57 Å². The Morgan fingerprint density at radius 3 is 3.00 bits per heavy atom. The number of fused-ring (bicyclic) bond motifs is 1. The Bertz CT molecular complexity index is 412. The zero-order chi connectivity index (χ0) is 9.26. The van der Waals surface area contributed by atoms with Gasteiger partial charge in [0.15, 0.2) is 0 Å². The lowest BCUT2D eigenvalue weighted by molar-refractivity contribution is 0.805. The Hall–Kier alpha value is -1.24. The van der Waals surface area contributed by atoms with Crippen LogP contribution >= 0.6 is 0 Å². The van der Waals surface area contributed by atoms with Gasteiger partial charge in [0.2, 0.25) is 0 Å². The van der Waals surface area contributed by atoms with Crippen LogP contribution in [0, 0.1) is 6.07 Å². The summed E-state index contributed by atoms with van der Waals surface area (Å²) >= 11 is 0. The quantitative estimate of drug-likeness (QED) is 0.656. The number of aromatic nitrogens is 1. The number of hydrogen-bond donors (Lipinski definition) is 0. The standard InChI is InChI=1S/C12H14N/c1-3-6-11-9-10-7-4-5-8-12(10)13(11)2/h5,7-9H,3,6H2,1-2H3. The SMILES string of the molecule is CCCc1cc2c[c]ccc2n1C. The molecule has 1 heteroatoms. The predicted molar refractivity (Wildman–Crippen MR) is 55.8 cm³/mol. The van der Waals surface area contributed by atoms with E-state index in [2.05, 4.69) is 42.8 Å². The van der Waals surface area contributed by atoms with E-state index in [0.717, 1.165) is 6.42 Å². The molecule has 2 aromatic rings. The molecule has 0 saturated heterocycles. The first kappa shape index (κ1) is 8.36. The van der Waals surface area contributed by atoms with Crippen LogP contribution in [0.25, 0.3) is 10.9 Å². The van der Waals surface area contributed by atoms with Gasteiger partial charge in [-0.25, -0.2) is 0 Å². The van der Waals surface area contributed by atoms with Gasteiger partial charge in [0.05, 0.1) is 0 Å². The topological polar surface area (TPSA) is 4.93 Å². The molecule has 13 heavy (non-hydrogen) atoms. The molecule has 1 heterocycles. The van der Waals surface area contributed by atoms with Crippen LogP contribution in [0.5, 0.6) is 0 Å². The molecule has 0 aliphatic heterocycles. The minimum absolute atomic E-state index is 1.16. The van der Waals surface area contributed by atoms with Crippen molar-refractivity contribution in [2.24, 2.45) is 7.05 Å². The number of benzene rings is 1. The third-order valence-corrected chi connectivity index (χ3v) is 2.49. The summed E-state index contributed by atoms with van der Waals surface area (Å²) in [6.07, 6.45) is 2.36. The molecule has 2 rings (SSSR count). The number of nitrogens with zero attached hydrogens (tertiary/aromatic N) is 1. The maximum Gasteiger partial charge on any atom is 0.0480 e. The molecule has 0 aliphatic rings. The van der Waals surface area contributed by atoms with E-state index in [-0.39, 0.29) is 0 Å². The van der Waals surface area contributed by atoms with Gasteiger partial charge in [-0.2, -0.15) is 0 Å². The number of hydrogen-bond acceptors (Lipinski definition) is 0. The molecule has 0 bridgehead atoms. The fraction of sp³-hybridized carbons (Fsp3) is 0.333. The summed E-state index contributed by atoms with van der Waals surface area (Å²) in [4.78, 5) is 0. The van der Waals surface area contributed by atoms with Crippen LogP contribution in [0.4, 0.5) is 0 Å². The van der Waals surface area contributed by atoms with Gasteiger partial charge in [0.25, 0.3) is 0 Å². The third-order valence-electron chi connectivity index (χ3n) is 2.49. The summed E-state index contributed by atoms with van der Waals surface area (Å²) in [5.41, 5.74) is 2.72. The lowest BCUT2D eigenvalue weighted by atomic mass is 10.2. The smallest absolute Gasteiger partial charge is 0.0480 e. The molecule has 0 unspecified atom stereocenters. The van der Waals surface area contributed by atoms with E-state index < -0.39 is 0 Å². The first-order valence-electron chi connectivity index (χ1n) is 4.77. The van der Waals surface area contributed by atoms with E-state index in [0.29, 0.717) is 0 Å². The van der Waals surface area contributed by atoms with E-state index >= 15 is 0 Å². The molecule has 1 aromatic heterocycles. The van der Waals surface area contributed by atoms with Gasteiger partial charge < -0.3 is 4.57 Å². The molecular weight excluding hydrogens is 158 g/mol. The second-order valence-electron chi connectivity index (χ2n) is 3.43. The van der Waals surface area contributed by atoms with Crippen LogP contribution in [0.3, 0.4) is 0 Å².